The van der Waals surface area contributed by atoms with Crippen molar-refractivity contribution in [1.29, 1.82) is 0 Å². The molecule has 2 N–H and O–H groups in total. The number of benzene rings is 1. The van der Waals surface area contributed by atoms with Crippen LogP contribution in [0.5, 0.6) is 0 Å². The third-order valence-electron chi connectivity index (χ3n) is 2.86. The fraction of sp³-hybridized carbons (Fsp3) is 0.562. The van der Waals surface area contributed by atoms with E-state index in [0.29, 0.717) is 13.1 Å². The Morgan fingerprint density at radius 2 is 1.91 bits per heavy atom. The lowest BCUT2D eigenvalue weighted by molar-refractivity contribution is -0.384. The first kappa shape index (κ1) is 18.9. The number of ether oxygens (including phenoxy) is 1. The molecule has 0 unspecified atom stereocenters. The molecule has 0 heterocycles. The molecule has 128 valence electrons. The van der Waals surface area contributed by atoms with E-state index in [1.807, 2.05) is 19.9 Å². The molecule has 1 amide bonds. The van der Waals surface area contributed by atoms with Crippen molar-refractivity contribution in [3.63, 3.8) is 0 Å². The van der Waals surface area contributed by atoms with Crippen LogP contribution in [0, 0.1) is 10.1 Å². The Bertz CT molecular complexity index is 565. The number of hydrogen-bond acceptors (Lipinski definition) is 5. The lowest BCUT2D eigenvalue weighted by atomic mass is 10.1. The summed E-state index contributed by atoms with van der Waals surface area (Å²) in [5.41, 5.74) is -0.178. The summed E-state index contributed by atoms with van der Waals surface area (Å²) in [7, 11) is 0. The average molecular weight is 323 g/mol. The zero-order valence-electron chi connectivity index (χ0n) is 14.3. The van der Waals surface area contributed by atoms with Crippen LogP contribution in [0.2, 0.25) is 0 Å². The number of carbonyl (C=O) groups is 1. The molecule has 0 atom stereocenters. The molecule has 0 fully saturated rings. The summed E-state index contributed by atoms with van der Waals surface area (Å²) in [5.74, 6) is 0. The van der Waals surface area contributed by atoms with Crippen molar-refractivity contribution in [2.75, 3.05) is 6.54 Å². The molecule has 0 aliphatic heterocycles. The average Bonchev–Trinajstić information content (AvgIpc) is 2.35. The van der Waals surface area contributed by atoms with E-state index in [1.54, 1.807) is 26.8 Å². The van der Waals surface area contributed by atoms with Gasteiger partial charge in [-0.05, 0) is 40.2 Å². The SMILES string of the molecule is CC(C)(CNCc1cccc([N+](=O)[O-])c1)NC(=O)OC(C)(C)C. The van der Waals surface area contributed by atoms with Crippen LogP contribution in [0.15, 0.2) is 24.3 Å². The molecule has 1 aromatic rings. The summed E-state index contributed by atoms with van der Waals surface area (Å²) >= 11 is 0. The standard InChI is InChI=1S/C16H25N3O4/c1-15(2,3)23-14(20)18-16(4,5)11-17-10-12-7-6-8-13(9-12)19(21)22/h6-9,17H,10-11H2,1-5H3,(H,18,20). The molecule has 0 aromatic heterocycles. The summed E-state index contributed by atoms with van der Waals surface area (Å²) in [4.78, 5) is 22.1. The van der Waals surface area contributed by atoms with Crippen molar-refractivity contribution in [2.45, 2.75) is 52.3 Å². The van der Waals surface area contributed by atoms with E-state index in [9.17, 15) is 14.9 Å². The van der Waals surface area contributed by atoms with Gasteiger partial charge in [0.2, 0.25) is 0 Å². The Hall–Kier alpha value is -2.15. The van der Waals surface area contributed by atoms with Crippen molar-refractivity contribution in [2.24, 2.45) is 0 Å². The number of rotatable bonds is 6. The molecule has 7 heteroatoms. The highest BCUT2D eigenvalue weighted by Gasteiger charge is 2.24. The third-order valence-corrected chi connectivity index (χ3v) is 2.86. The van der Waals surface area contributed by atoms with E-state index in [-0.39, 0.29) is 5.69 Å². The van der Waals surface area contributed by atoms with Gasteiger partial charge >= 0.3 is 6.09 Å². The second-order valence-corrected chi connectivity index (χ2v) is 7.04. The maximum Gasteiger partial charge on any atom is 0.408 e. The molecule has 0 aliphatic carbocycles. The molecule has 0 radical (unpaired) electrons. The minimum Gasteiger partial charge on any atom is -0.444 e. The first-order chi connectivity index (χ1) is 10.5. The Balaban J connectivity index is 2.49. The van der Waals surface area contributed by atoms with Gasteiger partial charge in [-0.2, -0.15) is 0 Å². The van der Waals surface area contributed by atoms with E-state index in [0.717, 1.165) is 5.56 Å². The van der Waals surface area contributed by atoms with Crippen molar-refractivity contribution in [1.82, 2.24) is 10.6 Å². The van der Waals surface area contributed by atoms with Gasteiger partial charge in [0, 0.05) is 25.2 Å². The predicted octanol–water partition coefficient (Wildman–Crippen LogP) is 2.99. The van der Waals surface area contributed by atoms with Crippen LogP contribution in [-0.2, 0) is 11.3 Å². The molecule has 0 bridgehead atoms. The van der Waals surface area contributed by atoms with Crippen molar-refractivity contribution < 1.29 is 14.5 Å². The normalized spacial score (nSPS) is 11.9. The van der Waals surface area contributed by atoms with Crippen LogP contribution in [0.1, 0.15) is 40.2 Å². The molecule has 0 saturated heterocycles. The first-order valence-corrected chi connectivity index (χ1v) is 7.44. The second-order valence-electron chi connectivity index (χ2n) is 7.04. The summed E-state index contributed by atoms with van der Waals surface area (Å²) < 4.78 is 5.23. The lowest BCUT2D eigenvalue weighted by Gasteiger charge is -2.29. The molecule has 1 rings (SSSR count). The van der Waals surface area contributed by atoms with E-state index >= 15 is 0 Å². The fourth-order valence-electron chi connectivity index (χ4n) is 1.92. The Morgan fingerprint density at radius 3 is 2.48 bits per heavy atom. The van der Waals surface area contributed by atoms with Gasteiger partial charge in [-0.3, -0.25) is 10.1 Å². The monoisotopic (exact) mass is 323 g/mol. The highest BCUT2D eigenvalue weighted by molar-refractivity contribution is 5.68. The maximum atomic E-state index is 11.8. The highest BCUT2D eigenvalue weighted by Crippen LogP contribution is 2.13. The van der Waals surface area contributed by atoms with Gasteiger partial charge in [0.25, 0.3) is 5.69 Å². The van der Waals surface area contributed by atoms with Crippen LogP contribution < -0.4 is 10.6 Å². The number of non-ortho nitro benzene ring substituents is 1. The van der Waals surface area contributed by atoms with Gasteiger partial charge in [0.15, 0.2) is 0 Å². The molecule has 0 aliphatic rings. The van der Waals surface area contributed by atoms with Crippen LogP contribution in [0.25, 0.3) is 0 Å². The third kappa shape index (κ3) is 7.60. The van der Waals surface area contributed by atoms with Crippen LogP contribution in [0.4, 0.5) is 10.5 Å². The largest absolute Gasteiger partial charge is 0.444 e. The summed E-state index contributed by atoms with van der Waals surface area (Å²) in [6.45, 7) is 10.1. The summed E-state index contributed by atoms with van der Waals surface area (Å²) in [5, 5.41) is 16.7. The van der Waals surface area contributed by atoms with E-state index < -0.39 is 22.2 Å². The quantitative estimate of drug-likeness (QED) is 0.620. The topological polar surface area (TPSA) is 93.5 Å². The van der Waals surface area contributed by atoms with E-state index in [4.69, 9.17) is 4.74 Å². The van der Waals surface area contributed by atoms with Gasteiger partial charge in [0.1, 0.15) is 5.60 Å². The number of nitro groups is 1. The van der Waals surface area contributed by atoms with Gasteiger partial charge in [-0.15, -0.1) is 0 Å². The molecule has 23 heavy (non-hydrogen) atoms. The van der Waals surface area contributed by atoms with Crippen molar-refractivity contribution >= 4 is 11.8 Å². The Kier molecular flexibility index (Phi) is 6.09. The van der Waals surface area contributed by atoms with Crippen LogP contribution >= 0.6 is 0 Å². The molecule has 1 aromatic carbocycles. The van der Waals surface area contributed by atoms with E-state index in [2.05, 4.69) is 10.6 Å². The Morgan fingerprint density at radius 1 is 1.26 bits per heavy atom. The van der Waals surface area contributed by atoms with Crippen molar-refractivity contribution in [3.05, 3.63) is 39.9 Å². The van der Waals surface area contributed by atoms with Crippen molar-refractivity contribution in [3.8, 4) is 0 Å². The van der Waals surface area contributed by atoms with Gasteiger partial charge in [0.05, 0.1) is 10.5 Å². The number of nitrogens with one attached hydrogen (secondary N) is 2. The molecule has 0 saturated carbocycles. The fourth-order valence-corrected chi connectivity index (χ4v) is 1.92. The van der Waals surface area contributed by atoms with Crippen LogP contribution in [-0.4, -0.2) is 28.7 Å². The molecule has 0 spiro atoms. The minimum atomic E-state index is -0.545. The highest BCUT2D eigenvalue weighted by atomic mass is 16.6. The zero-order chi connectivity index (χ0) is 17.7. The minimum absolute atomic E-state index is 0.0652. The summed E-state index contributed by atoms with van der Waals surface area (Å²) in [6, 6.07) is 6.45. The van der Waals surface area contributed by atoms with Crippen LogP contribution in [0.3, 0.4) is 0 Å². The molecular weight excluding hydrogens is 298 g/mol. The first-order valence-electron chi connectivity index (χ1n) is 7.44. The summed E-state index contributed by atoms with van der Waals surface area (Å²) in [6.07, 6.45) is -0.473. The lowest BCUT2D eigenvalue weighted by Crippen LogP contribution is -2.51. The van der Waals surface area contributed by atoms with Gasteiger partial charge in [-0.25, -0.2) is 4.79 Å². The number of nitrogens with zero attached hydrogens (tertiary/aromatic N) is 1. The van der Waals surface area contributed by atoms with Gasteiger partial charge in [-0.1, -0.05) is 12.1 Å². The molecule has 7 nitrogen and oxygen atoms in total. The maximum absolute atomic E-state index is 11.8. The number of hydrogen-bond donors (Lipinski definition) is 2. The smallest absolute Gasteiger partial charge is 0.408 e. The zero-order valence-corrected chi connectivity index (χ0v) is 14.3. The number of carbonyl (C=O) groups excluding carboxylic acids is 1. The molecular formula is C16H25N3O4. The van der Waals surface area contributed by atoms with Gasteiger partial charge < -0.3 is 15.4 Å². The number of nitro benzene ring substituents is 1. The Labute approximate surface area is 136 Å². The number of amides is 1. The predicted molar refractivity (Wildman–Crippen MR) is 88.3 cm³/mol. The second kappa shape index (κ2) is 7.41. The number of alkyl carbamates (subject to hydrolysis) is 1. The van der Waals surface area contributed by atoms with E-state index in [1.165, 1.54) is 12.1 Å².